The van der Waals surface area contributed by atoms with E-state index in [0.29, 0.717) is 25.4 Å². The molecule has 7 heteroatoms. The van der Waals surface area contributed by atoms with Gasteiger partial charge in [-0.2, -0.15) is 0 Å². The molecule has 0 unspecified atom stereocenters. The number of carbonyl (C=O) groups excluding carboxylic acids is 1. The van der Waals surface area contributed by atoms with Crippen molar-refractivity contribution in [1.29, 1.82) is 0 Å². The van der Waals surface area contributed by atoms with E-state index in [-0.39, 0.29) is 5.91 Å². The first-order chi connectivity index (χ1) is 14.1. The van der Waals surface area contributed by atoms with Crippen molar-refractivity contribution in [2.45, 2.75) is 25.2 Å². The van der Waals surface area contributed by atoms with Crippen molar-refractivity contribution in [2.24, 2.45) is 0 Å². The van der Waals surface area contributed by atoms with E-state index in [4.69, 9.17) is 4.74 Å². The molecule has 2 aromatic carbocycles. The molecule has 29 heavy (non-hydrogen) atoms. The van der Waals surface area contributed by atoms with E-state index in [0.717, 1.165) is 22.1 Å². The Labute approximate surface area is 175 Å². The van der Waals surface area contributed by atoms with Gasteiger partial charge in [-0.1, -0.05) is 71.9 Å². The summed E-state index contributed by atoms with van der Waals surface area (Å²) in [6.07, 6.45) is 0. The zero-order valence-electron chi connectivity index (χ0n) is 17.0. The highest BCUT2D eigenvalue weighted by atomic mass is 32.2. The van der Waals surface area contributed by atoms with Gasteiger partial charge in [0.15, 0.2) is 11.0 Å². The Kier molecular flexibility index (Phi) is 7.43. The van der Waals surface area contributed by atoms with Crippen LogP contribution in [0.4, 0.5) is 0 Å². The topological polar surface area (TPSA) is 60.2 Å². The summed E-state index contributed by atoms with van der Waals surface area (Å²) in [6.45, 7) is 3.82. The third-order valence-electron chi connectivity index (χ3n) is 4.56. The maximum Gasteiger partial charge on any atom is 0.233 e. The zero-order valence-corrected chi connectivity index (χ0v) is 17.9. The van der Waals surface area contributed by atoms with Gasteiger partial charge in [-0.15, -0.1) is 10.2 Å². The second kappa shape index (κ2) is 10.2. The molecular formula is C22H26N4O2S. The monoisotopic (exact) mass is 410 g/mol. The first kappa shape index (κ1) is 21.1. The molecule has 3 aromatic rings. The summed E-state index contributed by atoms with van der Waals surface area (Å²) in [5, 5.41) is 9.39. The summed E-state index contributed by atoms with van der Waals surface area (Å²) in [5.74, 6) is 1.14. The van der Waals surface area contributed by atoms with Crippen molar-refractivity contribution in [3.8, 4) is 11.4 Å². The van der Waals surface area contributed by atoms with Gasteiger partial charge in [0.2, 0.25) is 5.91 Å². The number of nitrogens with zero attached hydrogens (tertiary/aromatic N) is 4. The molecule has 0 N–H and O–H groups in total. The van der Waals surface area contributed by atoms with E-state index in [1.54, 1.807) is 12.0 Å². The Morgan fingerprint density at radius 3 is 2.52 bits per heavy atom. The van der Waals surface area contributed by atoms with Gasteiger partial charge < -0.3 is 9.64 Å². The number of amides is 1. The predicted octanol–water partition coefficient (Wildman–Crippen LogP) is 3.65. The van der Waals surface area contributed by atoms with Crippen LogP contribution in [0, 0.1) is 6.92 Å². The third-order valence-corrected chi connectivity index (χ3v) is 5.51. The number of hydrogen-bond donors (Lipinski definition) is 0. The number of methoxy groups -OCH3 is 1. The fourth-order valence-corrected chi connectivity index (χ4v) is 3.78. The first-order valence-corrected chi connectivity index (χ1v) is 10.5. The van der Waals surface area contributed by atoms with E-state index in [1.807, 2.05) is 41.9 Å². The fourth-order valence-electron chi connectivity index (χ4n) is 2.87. The highest BCUT2D eigenvalue weighted by Gasteiger charge is 2.17. The molecule has 0 radical (unpaired) electrons. The van der Waals surface area contributed by atoms with Crippen molar-refractivity contribution in [1.82, 2.24) is 19.7 Å². The van der Waals surface area contributed by atoms with Crippen LogP contribution in [0.5, 0.6) is 0 Å². The van der Waals surface area contributed by atoms with Crippen LogP contribution in [-0.2, 0) is 22.6 Å². The van der Waals surface area contributed by atoms with Crippen molar-refractivity contribution < 1.29 is 9.53 Å². The normalized spacial score (nSPS) is 10.9. The number of aryl methyl sites for hydroxylation is 1. The van der Waals surface area contributed by atoms with Gasteiger partial charge >= 0.3 is 0 Å². The second-order valence-corrected chi connectivity index (χ2v) is 7.78. The standard InChI is InChI=1S/C22H26N4O2S/c1-17-9-11-18(12-10-17)15-25(2)20(27)16-29-22-24-23-21(26(22)13-14-28-3)19-7-5-4-6-8-19/h4-12H,13-16H2,1-3H3. The van der Waals surface area contributed by atoms with Gasteiger partial charge in [0.25, 0.3) is 0 Å². The van der Waals surface area contributed by atoms with Crippen LogP contribution in [-0.4, -0.2) is 52.1 Å². The number of ether oxygens (including phenoxy) is 1. The number of thioether (sulfide) groups is 1. The Hall–Kier alpha value is -2.64. The molecule has 0 aliphatic rings. The molecule has 6 nitrogen and oxygen atoms in total. The third kappa shape index (κ3) is 5.68. The van der Waals surface area contributed by atoms with E-state index in [9.17, 15) is 4.79 Å². The van der Waals surface area contributed by atoms with Crippen LogP contribution in [0.15, 0.2) is 59.8 Å². The Morgan fingerprint density at radius 1 is 1.10 bits per heavy atom. The molecule has 0 atom stereocenters. The maximum atomic E-state index is 12.6. The summed E-state index contributed by atoms with van der Waals surface area (Å²) < 4.78 is 7.25. The van der Waals surface area contributed by atoms with Crippen LogP contribution >= 0.6 is 11.8 Å². The molecule has 0 aliphatic heterocycles. The molecule has 152 valence electrons. The van der Waals surface area contributed by atoms with E-state index in [2.05, 4.69) is 41.4 Å². The summed E-state index contributed by atoms with van der Waals surface area (Å²) in [4.78, 5) is 14.4. The summed E-state index contributed by atoms with van der Waals surface area (Å²) in [7, 11) is 3.50. The first-order valence-electron chi connectivity index (χ1n) is 9.48. The zero-order chi connectivity index (χ0) is 20.6. The lowest BCUT2D eigenvalue weighted by Crippen LogP contribution is -2.28. The van der Waals surface area contributed by atoms with Crippen molar-refractivity contribution in [2.75, 3.05) is 26.5 Å². The molecule has 1 heterocycles. The molecule has 0 aliphatic carbocycles. The lowest BCUT2D eigenvalue weighted by Gasteiger charge is -2.17. The molecular weight excluding hydrogens is 384 g/mol. The van der Waals surface area contributed by atoms with Crippen LogP contribution in [0.1, 0.15) is 11.1 Å². The number of aromatic nitrogens is 3. The smallest absolute Gasteiger partial charge is 0.233 e. The molecule has 3 rings (SSSR count). The van der Waals surface area contributed by atoms with Gasteiger partial charge in [0.1, 0.15) is 0 Å². The fraction of sp³-hybridized carbons (Fsp3) is 0.318. The van der Waals surface area contributed by atoms with Gasteiger partial charge in [-0.3, -0.25) is 9.36 Å². The molecule has 0 spiro atoms. The number of rotatable bonds is 9. The predicted molar refractivity (Wildman–Crippen MR) is 116 cm³/mol. The number of hydrogen-bond acceptors (Lipinski definition) is 5. The lowest BCUT2D eigenvalue weighted by atomic mass is 10.1. The SMILES string of the molecule is COCCn1c(SCC(=O)N(C)Cc2ccc(C)cc2)nnc1-c1ccccc1. The quantitative estimate of drug-likeness (QED) is 0.504. The minimum absolute atomic E-state index is 0.0538. The largest absolute Gasteiger partial charge is 0.383 e. The van der Waals surface area contributed by atoms with Gasteiger partial charge in [-0.05, 0) is 12.5 Å². The summed E-state index contributed by atoms with van der Waals surface area (Å²) >= 11 is 1.41. The molecule has 0 saturated carbocycles. The minimum atomic E-state index is 0.0538. The van der Waals surface area contributed by atoms with Gasteiger partial charge in [0.05, 0.1) is 18.9 Å². The minimum Gasteiger partial charge on any atom is -0.383 e. The van der Waals surface area contributed by atoms with Crippen molar-refractivity contribution >= 4 is 17.7 Å². The molecule has 0 fully saturated rings. The van der Waals surface area contributed by atoms with E-state index >= 15 is 0 Å². The molecule has 1 aromatic heterocycles. The van der Waals surface area contributed by atoms with Crippen molar-refractivity contribution in [3.05, 3.63) is 65.7 Å². The Bertz CT molecular complexity index is 926. The van der Waals surface area contributed by atoms with Crippen LogP contribution in [0.2, 0.25) is 0 Å². The van der Waals surface area contributed by atoms with Gasteiger partial charge in [0, 0.05) is 26.3 Å². The number of benzene rings is 2. The second-order valence-electron chi connectivity index (χ2n) is 6.84. The Morgan fingerprint density at radius 2 is 1.83 bits per heavy atom. The average Bonchev–Trinajstić information content (AvgIpc) is 3.15. The summed E-state index contributed by atoms with van der Waals surface area (Å²) in [5.41, 5.74) is 3.32. The van der Waals surface area contributed by atoms with Crippen LogP contribution in [0.25, 0.3) is 11.4 Å². The maximum absolute atomic E-state index is 12.6. The van der Waals surface area contributed by atoms with Crippen LogP contribution < -0.4 is 0 Å². The highest BCUT2D eigenvalue weighted by Crippen LogP contribution is 2.24. The molecule has 0 saturated heterocycles. The molecule has 1 amide bonds. The van der Waals surface area contributed by atoms with Crippen molar-refractivity contribution in [3.63, 3.8) is 0 Å². The average molecular weight is 411 g/mol. The van der Waals surface area contributed by atoms with Crippen LogP contribution in [0.3, 0.4) is 0 Å². The van der Waals surface area contributed by atoms with Gasteiger partial charge in [-0.25, -0.2) is 0 Å². The highest BCUT2D eigenvalue weighted by molar-refractivity contribution is 7.99. The van der Waals surface area contributed by atoms with E-state index < -0.39 is 0 Å². The van der Waals surface area contributed by atoms with E-state index in [1.165, 1.54) is 17.3 Å². The summed E-state index contributed by atoms with van der Waals surface area (Å²) in [6, 6.07) is 18.2. The lowest BCUT2D eigenvalue weighted by molar-refractivity contribution is -0.127. The number of carbonyl (C=O) groups is 1. The Balaban J connectivity index is 1.66. The molecule has 0 bridgehead atoms.